The second-order valence-electron chi connectivity index (χ2n) is 20.0. The fraction of sp³-hybridized carbons (Fsp3) is 0.769. The number of amides is 1. The molecule has 4 aliphatic rings. The number of Topliss-reactive ketones (excluding diaryl/α,β-unsaturated/α-hetero) is 2. The van der Waals surface area contributed by atoms with Gasteiger partial charge in [0, 0.05) is 58.5 Å². The third-order valence-corrected chi connectivity index (χ3v) is 14.7. The number of rotatable bonds is 5. The number of ether oxygens (including phenoxy) is 4. The Morgan fingerprint density at radius 3 is 2.20 bits per heavy atom. The van der Waals surface area contributed by atoms with E-state index in [1.807, 2.05) is 65.0 Å². The lowest BCUT2D eigenvalue weighted by atomic mass is 9.75. The lowest BCUT2D eigenvalue weighted by Gasteiger charge is -2.46. The monoisotopic (exact) mass is 932 g/mol. The number of piperidine rings is 1. The number of aliphatic hydroxyl groups is 5. The summed E-state index contributed by atoms with van der Waals surface area (Å²) in [6.45, 7) is 15.0. The van der Waals surface area contributed by atoms with E-state index in [2.05, 4.69) is 0 Å². The minimum atomic E-state index is -2.22. The normalized spacial score (nSPS) is 39.5. The van der Waals surface area contributed by atoms with Gasteiger partial charge in [-0.1, -0.05) is 78.0 Å². The molecule has 376 valence electrons. The predicted octanol–water partition coefficient (Wildman–Crippen LogP) is 6.20. The Hall–Kier alpha value is -3.08. The summed E-state index contributed by atoms with van der Waals surface area (Å²) in [7, 11) is 3.99. The van der Waals surface area contributed by atoms with E-state index < -0.39 is 72.0 Å². The molecule has 0 aromatic carbocycles. The van der Waals surface area contributed by atoms with Crippen LogP contribution in [-0.4, -0.2) is 136 Å². The lowest BCUT2D eigenvalue weighted by Crippen LogP contribution is -2.63. The van der Waals surface area contributed by atoms with Gasteiger partial charge in [0.15, 0.2) is 11.9 Å². The molecule has 1 saturated carbocycles. The molecule has 0 aromatic heterocycles. The Bertz CT molecular complexity index is 1690. The van der Waals surface area contributed by atoms with Gasteiger partial charge in [-0.05, 0) is 113 Å². The van der Waals surface area contributed by atoms with E-state index in [0.717, 1.165) is 25.5 Å². The average Bonchev–Trinajstić information content (AvgIpc) is 3.29. The molecular weight excluding hydrogens is 847 g/mol. The number of carbonyl (C=O) groups is 4. The Morgan fingerprint density at radius 2 is 1.55 bits per heavy atom. The molecule has 4 rings (SSSR count). The van der Waals surface area contributed by atoms with Crippen LogP contribution >= 0.6 is 0 Å². The summed E-state index contributed by atoms with van der Waals surface area (Å²) in [6, 6.07) is -1.06. The molecule has 0 aromatic rings. The van der Waals surface area contributed by atoms with Crippen LogP contribution < -0.4 is 0 Å². The highest BCUT2D eigenvalue weighted by molar-refractivity contribution is 5.89. The van der Waals surface area contributed by atoms with Gasteiger partial charge in [0.25, 0.3) is 5.91 Å². The molecule has 2 saturated heterocycles. The SMILES string of the molecule is CO.COC1CC2CCC(C)C(O)(O2)C(O)C(=O)N2CCCCC2C(=O)OC(C(C)CC2CCC(O)C(C)C2)CC(=O)C(C)/C=C(\C)C(O)C(OC)C(=O)C(C)CC(C)/C=C/C=CC=C1C. The van der Waals surface area contributed by atoms with Crippen LogP contribution in [-0.2, 0) is 38.1 Å². The van der Waals surface area contributed by atoms with E-state index in [9.17, 15) is 39.6 Å². The third-order valence-electron chi connectivity index (χ3n) is 14.7. The number of methoxy groups -OCH3 is 2. The van der Waals surface area contributed by atoms with Gasteiger partial charge in [-0.2, -0.15) is 0 Å². The van der Waals surface area contributed by atoms with Gasteiger partial charge in [0.2, 0.25) is 5.79 Å². The summed E-state index contributed by atoms with van der Waals surface area (Å²) in [5.74, 6) is -5.81. The van der Waals surface area contributed by atoms with Crippen LogP contribution in [0.1, 0.15) is 132 Å². The van der Waals surface area contributed by atoms with E-state index in [-0.39, 0.29) is 66.8 Å². The van der Waals surface area contributed by atoms with E-state index >= 15 is 0 Å². The Labute approximate surface area is 394 Å². The molecule has 3 fully saturated rings. The Kier molecular flexibility index (Phi) is 23.6. The number of fused-ring (bicyclic) bond motifs is 3. The number of cyclic esters (lactones) is 1. The van der Waals surface area contributed by atoms with Crippen molar-refractivity contribution in [2.24, 2.45) is 41.4 Å². The topological polar surface area (TPSA) is 210 Å². The first-order valence-corrected chi connectivity index (χ1v) is 24.4. The third kappa shape index (κ3) is 15.5. The zero-order valence-electron chi connectivity index (χ0n) is 41.8. The molecule has 1 amide bonds. The summed E-state index contributed by atoms with van der Waals surface area (Å²) < 4.78 is 24.0. The Morgan fingerprint density at radius 1 is 0.848 bits per heavy atom. The molecule has 5 N–H and O–H groups in total. The van der Waals surface area contributed by atoms with Crippen molar-refractivity contribution in [3.63, 3.8) is 0 Å². The van der Waals surface area contributed by atoms with Crippen LogP contribution in [0.3, 0.4) is 0 Å². The van der Waals surface area contributed by atoms with Crippen molar-refractivity contribution in [2.45, 2.75) is 187 Å². The number of esters is 1. The maximum absolute atomic E-state index is 14.4. The van der Waals surface area contributed by atoms with Gasteiger partial charge in [-0.15, -0.1) is 0 Å². The highest BCUT2D eigenvalue weighted by Crippen LogP contribution is 2.39. The van der Waals surface area contributed by atoms with Crippen LogP contribution in [0, 0.1) is 41.4 Å². The van der Waals surface area contributed by atoms with Crippen molar-refractivity contribution in [3.8, 4) is 0 Å². The van der Waals surface area contributed by atoms with Crippen molar-refractivity contribution in [1.29, 1.82) is 0 Å². The minimum Gasteiger partial charge on any atom is -0.460 e. The standard InChI is InChI=1S/C51H81NO12.CH4O/c1-30-16-12-11-13-17-31(2)43(61-9)28-39-21-19-37(8)51(60,64-39)48(57)49(58)52-23-15-14-18-40(52)50(59)63-44(34(5)27-38-20-22-41(53)33(4)26-38)29-42(54)32(3)25-36(7)46(56)47(62-10)45(55)35(6)24-30;1-2/h11-13,16-17,25,30,32-35,37-41,43-44,46-48,53,56-57,60H,14-15,18-24,26-29H2,1-10H3;2H,1H3/b13-11?,16-12+,31-17?,36-25+;. The molecule has 0 spiro atoms. The first-order chi connectivity index (χ1) is 31.2. The van der Waals surface area contributed by atoms with E-state index in [0.29, 0.717) is 56.9 Å². The van der Waals surface area contributed by atoms with Crippen molar-refractivity contribution >= 4 is 23.4 Å². The maximum atomic E-state index is 14.4. The fourth-order valence-corrected chi connectivity index (χ4v) is 10.3. The highest BCUT2D eigenvalue weighted by atomic mass is 16.6. The van der Waals surface area contributed by atoms with Crippen LogP contribution in [0.2, 0.25) is 0 Å². The van der Waals surface area contributed by atoms with E-state index in [4.69, 9.17) is 24.1 Å². The molecule has 16 unspecified atom stereocenters. The number of nitrogens with zero attached hydrogens (tertiary/aromatic N) is 1. The van der Waals surface area contributed by atoms with Crippen molar-refractivity contribution < 1.29 is 63.7 Å². The number of aliphatic hydroxyl groups excluding tert-OH is 4. The first kappa shape index (κ1) is 57.2. The second kappa shape index (κ2) is 27.2. The van der Waals surface area contributed by atoms with Crippen LogP contribution in [0.15, 0.2) is 47.6 Å². The fourth-order valence-electron chi connectivity index (χ4n) is 10.3. The molecule has 0 radical (unpaired) electrons. The van der Waals surface area contributed by atoms with Gasteiger partial charge >= 0.3 is 5.97 Å². The number of hydrogen-bond acceptors (Lipinski definition) is 13. The van der Waals surface area contributed by atoms with Crippen LogP contribution in [0.25, 0.3) is 0 Å². The van der Waals surface area contributed by atoms with Gasteiger partial charge in [-0.3, -0.25) is 14.4 Å². The largest absolute Gasteiger partial charge is 0.460 e. The van der Waals surface area contributed by atoms with E-state index in [1.165, 1.54) is 12.0 Å². The number of carbonyl (C=O) groups excluding carboxylic acids is 4. The van der Waals surface area contributed by atoms with Crippen molar-refractivity contribution in [2.75, 3.05) is 27.9 Å². The summed E-state index contributed by atoms with van der Waals surface area (Å²) >= 11 is 0. The van der Waals surface area contributed by atoms with Crippen LogP contribution in [0.4, 0.5) is 0 Å². The first-order valence-electron chi connectivity index (χ1n) is 24.4. The molecule has 2 bridgehead atoms. The lowest BCUT2D eigenvalue weighted by molar-refractivity contribution is -0.317. The number of ketones is 2. The molecule has 14 nitrogen and oxygen atoms in total. The molecule has 66 heavy (non-hydrogen) atoms. The number of hydrogen-bond donors (Lipinski definition) is 5. The molecule has 3 aliphatic heterocycles. The maximum Gasteiger partial charge on any atom is 0.329 e. The average molecular weight is 932 g/mol. The van der Waals surface area contributed by atoms with Gasteiger partial charge in [-0.25, -0.2) is 4.79 Å². The predicted molar refractivity (Wildman–Crippen MR) is 253 cm³/mol. The highest BCUT2D eigenvalue weighted by Gasteiger charge is 2.53. The number of allylic oxidation sites excluding steroid dienone is 6. The molecule has 14 heteroatoms. The van der Waals surface area contributed by atoms with Crippen molar-refractivity contribution in [1.82, 2.24) is 4.90 Å². The summed E-state index contributed by atoms with van der Waals surface area (Å²) in [6.07, 6.45) is 10.9. The van der Waals surface area contributed by atoms with Gasteiger partial charge in [0.1, 0.15) is 30.1 Å². The molecule has 1 aliphatic carbocycles. The summed E-state index contributed by atoms with van der Waals surface area (Å²) in [4.78, 5) is 57.8. The van der Waals surface area contributed by atoms with Gasteiger partial charge < -0.3 is 49.4 Å². The second-order valence-corrected chi connectivity index (χ2v) is 20.0. The van der Waals surface area contributed by atoms with Gasteiger partial charge in [0.05, 0.1) is 18.3 Å². The van der Waals surface area contributed by atoms with E-state index in [1.54, 1.807) is 34.0 Å². The quantitative estimate of drug-likeness (QED) is 0.154. The zero-order valence-corrected chi connectivity index (χ0v) is 41.8. The zero-order chi connectivity index (χ0) is 49.5. The molecule has 3 heterocycles. The Balaban J connectivity index is 0.00000570. The summed E-state index contributed by atoms with van der Waals surface area (Å²) in [5, 5.41) is 52.6. The van der Waals surface area contributed by atoms with Crippen LogP contribution in [0.5, 0.6) is 0 Å². The molecular formula is C52H85NO13. The minimum absolute atomic E-state index is 0.0329. The summed E-state index contributed by atoms with van der Waals surface area (Å²) in [5.41, 5.74) is 1.31. The van der Waals surface area contributed by atoms with Crippen molar-refractivity contribution in [3.05, 3.63) is 47.6 Å². The molecule has 16 atom stereocenters. The smallest absolute Gasteiger partial charge is 0.329 e.